The maximum atomic E-state index is 5.73. The van der Waals surface area contributed by atoms with Crippen molar-refractivity contribution >= 4 is 0 Å². The van der Waals surface area contributed by atoms with Crippen LogP contribution in [0.5, 0.6) is 0 Å². The van der Waals surface area contributed by atoms with Crippen LogP contribution in [0.4, 0.5) is 0 Å². The average molecular weight is 289 g/mol. The Morgan fingerprint density at radius 1 is 1.38 bits per heavy atom. The molecule has 1 aliphatic carbocycles. The van der Waals surface area contributed by atoms with Gasteiger partial charge in [-0.3, -0.25) is 9.88 Å². The van der Waals surface area contributed by atoms with Gasteiger partial charge in [-0.05, 0) is 43.5 Å². The Hall–Kier alpha value is -0.970. The summed E-state index contributed by atoms with van der Waals surface area (Å²) in [5.41, 5.74) is 1.64. The largest absolute Gasteiger partial charge is 0.381 e. The minimum absolute atomic E-state index is 0.297. The number of ether oxygens (including phenoxy) is 1. The van der Waals surface area contributed by atoms with Crippen molar-refractivity contribution in [2.75, 3.05) is 32.8 Å². The number of nitrogens with one attached hydrogen (secondary N) is 1. The van der Waals surface area contributed by atoms with Crippen LogP contribution < -0.4 is 5.32 Å². The van der Waals surface area contributed by atoms with Gasteiger partial charge in [-0.1, -0.05) is 6.92 Å². The summed E-state index contributed by atoms with van der Waals surface area (Å²) < 4.78 is 5.73. The maximum Gasteiger partial charge on any atom is 0.0547 e. The summed E-state index contributed by atoms with van der Waals surface area (Å²) in [5.74, 6) is 0. The Bertz CT molecular complexity index is 427. The van der Waals surface area contributed by atoms with Crippen molar-refractivity contribution in [2.45, 2.75) is 38.8 Å². The summed E-state index contributed by atoms with van der Waals surface area (Å²) in [6.07, 6.45) is 7.65. The van der Waals surface area contributed by atoms with E-state index in [0.717, 1.165) is 45.4 Å². The molecule has 2 fully saturated rings. The van der Waals surface area contributed by atoms with Gasteiger partial charge in [0.15, 0.2) is 0 Å². The third-order valence-electron chi connectivity index (χ3n) is 4.69. The minimum Gasteiger partial charge on any atom is -0.381 e. The van der Waals surface area contributed by atoms with Crippen LogP contribution in [-0.2, 0) is 11.3 Å². The molecule has 1 saturated heterocycles. The van der Waals surface area contributed by atoms with Gasteiger partial charge in [0.05, 0.1) is 6.61 Å². The molecule has 1 atom stereocenters. The molecule has 4 heteroatoms. The molecule has 1 aliphatic heterocycles. The highest BCUT2D eigenvalue weighted by atomic mass is 16.5. The van der Waals surface area contributed by atoms with Crippen molar-refractivity contribution in [1.82, 2.24) is 15.2 Å². The van der Waals surface area contributed by atoms with E-state index in [9.17, 15) is 0 Å². The van der Waals surface area contributed by atoms with Crippen LogP contribution in [0.25, 0.3) is 0 Å². The Kier molecular flexibility index (Phi) is 4.88. The molecule has 1 aromatic rings. The second-order valence-corrected chi connectivity index (χ2v) is 6.62. The molecule has 1 saturated carbocycles. The molecule has 1 aromatic heterocycles. The van der Waals surface area contributed by atoms with Gasteiger partial charge in [0.1, 0.15) is 0 Å². The average Bonchev–Trinajstić information content (AvgIpc) is 3.25. The first-order chi connectivity index (χ1) is 10.3. The Morgan fingerprint density at radius 2 is 2.19 bits per heavy atom. The van der Waals surface area contributed by atoms with E-state index in [2.05, 4.69) is 34.3 Å². The van der Waals surface area contributed by atoms with Crippen LogP contribution in [0.15, 0.2) is 24.5 Å². The lowest BCUT2D eigenvalue weighted by Crippen LogP contribution is -2.45. The maximum absolute atomic E-state index is 5.73. The van der Waals surface area contributed by atoms with Gasteiger partial charge in [-0.15, -0.1) is 0 Å². The smallest absolute Gasteiger partial charge is 0.0547 e. The van der Waals surface area contributed by atoms with E-state index < -0.39 is 0 Å². The van der Waals surface area contributed by atoms with Crippen LogP contribution in [0, 0.1) is 5.41 Å². The number of rotatable bonds is 8. The molecule has 0 amide bonds. The van der Waals surface area contributed by atoms with Crippen LogP contribution in [-0.4, -0.2) is 48.8 Å². The van der Waals surface area contributed by atoms with Crippen LogP contribution >= 0.6 is 0 Å². The van der Waals surface area contributed by atoms with Crippen LogP contribution in [0.1, 0.15) is 31.7 Å². The lowest BCUT2D eigenvalue weighted by Gasteiger charge is -2.34. The number of nitrogens with zero attached hydrogens (tertiary/aromatic N) is 2. The van der Waals surface area contributed by atoms with Crippen molar-refractivity contribution < 1.29 is 4.74 Å². The topological polar surface area (TPSA) is 37.4 Å². The fraction of sp³-hybridized carbons (Fsp3) is 0.706. The predicted molar refractivity (Wildman–Crippen MR) is 84.1 cm³/mol. The van der Waals surface area contributed by atoms with Crippen molar-refractivity contribution in [1.29, 1.82) is 0 Å². The van der Waals surface area contributed by atoms with E-state index >= 15 is 0 Å². The van der Waals surface area contributed by atoms with Crippen LogP contribution in [0.3, 0.4) is 0 Å². The monoisotopic (exact) mass is 289 g/mol. The van der Waals surface area contributed by atoms with E-state index in [1.807, 2.05) is 12.4 Å². The number of hydrogen-bond donors (Lipinski definition) is 1. The first-order valence-corrected chi connectivity index (χ1v) is 8.22. The second-order valence-electron chi connectivity index (χ2n) is 6.62. The van der Waals surface area contributed by atoms with Gasteiger partial charge in [0.2, 0.25) is 0 Å². The lowest BCUT2D eigenvalue weighted by atomic mass is 9.86. The van der Waals surface area contributed by atoms with Crippen molar-refractivity contribution in [3.8, 4) is 0 Å². The van der Waals surface area contributed by atoms with Crippen LogP contribution in [0.2, 0.25) is 0 Å². The first-order valence-electron chi connectivity index (χ1n) is 8.22. The molecular formula is C17H27N3O. The molecule has 1 N–H and O–H groups in total. The van der Waals surface area contributed by atoms with E-state index in [1.54, 1.807) is 0 Å². The molecule has 2 aliphatic rings. The third-order valence-corrected chi connectivity index (χ3v) is 4.69. The molecule has 1 unspecified atom stereocenters. The Labute approximate surface area is 127 Å². The molecule has 21 heavy (non-hydrogen) atoms. The minimum atomic E-state index is 0.297. The molecule has 0 bridgehead atoms. The molecule has 2 heterocycles. The molecule has 0 spiro atoms. The SMILES string of the molecule is CCN(Cc1ccncc1)CC1(CNC2CC2)CCOC1. The highest BCUT2D eigenvalue weighted by molar-refractivity contribution is 5.09. The summed E-state index contributed by atoms with van der Waals surface area (Å²) in [7, 11) is 0. The molecule has 0 aromatic carbocycles. The summed E-state index contributed by atoms with van der Waals surface area (Å²) in [4.78, 5) is 6.64. The second kappa shape index (κ2) is 6.86. The fourth-order valence-corrected chi connectivity index (χ4v) is 3.12. The predicted octanol–water partition coefficient (Wildman–Crippen LogP) is 2.06. The molecular weight excluding hydrogens is 262 g/mol. The molecule has 116 valence electrons. The highest BCUT2D eigenvalue weighted by Crippen LogP contribution is 2.31. The van der Waals surface area contributed by atoms with Crippen molar-refractivity contribution in [2.24, 2.45) is 5.41 Å². The van der Waals surface area contributed by atoms with Gasteiger partial charge in [-0.2, -0.15) is 0 Å². The zero-order valence-corrected chi connectivity index (χ0v) is 13.1. The summed E-state index contributed by atoms with van der Waals surface area (Å²) >= 11 is 0. The zero-order chi connectivity index (χ0) is 14.5. The number of hydrogen-bond acceptors (Lipinski definition) is 4. The van der Waals surface area contributed by atoms with Crippen molar-refractivity contribution in [3.63, 3.8) is 0 Å². The van der Waals surface area contributed by atoms with E-state index in [1.165, 1.54) is 24.8 Å². The van der Waals surface area contributed by atoms with Gasteiger partial charge >= 0.3 is 0 Å². The van der Waals surface area contributed by atoms with E-state index in [-0.39, 0.29) is 0 Å². The Morgan fingerprint density at radius 3 is 2.81 bits per heavy atom. The van der Waals surface area contributed by atoms with Gasteiger partial charge in [0.25, 0.3) is 0 Å². The summed E-state index contributed by atoms with van der Waals surface area (Å²) in [5, 5.41) is 3.72. The summed E-state index contributed by atoms with van der Waals surface area (Å²) in [6.45, 7) is 8.37. The lowest BCUT2D eigenvalue weighted by molar-refractivity contribution is 0.107. The fourth-order valence-electron chi connectivity index (χ4n) is 3.12. The highest BCUT2D eigenvalue weighted by Gasteiger charge is 2.37. The molecule has 3 rings (SSSR count). The Balaban J connectivity index is 1.59. The third kappa shape index (κ3) is 4.25. The van der Waals surface area contributed by atoms with E-state index in [0.29, 0.717) is 5.41 Å². The molecule has 0 radical (unpaired) electrons. The van der Waals surface area contributed by atoms with Gasteiger partial charge < -0.3 is 10.1 Å². The standard InChI is InChI=1S/C17H27N3O/c1-2-20(11-15-5-8-18-9-6-15)13-17(7-10-21-14-17)12-19-16-3-4-16/h5-6,8-9,16,19H,2-4,7,10-14H2,1H3. The normalized spacial score (nSPS) is 25.6. The quantitative estimate of drug-likeness (QED) is 0.795. The first kappa shape index (κ1) is 14.9. The summed E-state index contributed by atoms with van der Waals surface area (Å²) in [6, 6.07) is 5.00. The van der Waals surface area contributed by atoms with Crippen molar-refractivity contribution in [3.05, 3.63) is 30.1 Å². The zero-order valence-electron chi connectivity index (χ0n) is 13.1. The number of aromatic nitrogens is 1. The van der Waals surface area contributed by atoms with Gasteiger partial charge in [-0.25, -0.2) is 0 Å². The molecule has 4 nitrogen and oxygen atoms in total. The van der Waals surface area contributed by atoms with E-state index in [4.69, 9.17) is 4.74 Å². The van der Waals surface area contributed by atoms with Gasteiger partial charge in [0, 0.05) is 50.1 Å². The number of pyridine rings is 1.